The van der Waals surface area contributed by atoms with Crippen molar-refractivity contribution in [3.8, 4) is 66.8 Å². The largest absolute Gasteiger partial charge is 0.343 e. The number of carbonyl (C=O) groups is 3. The molecule has 10 aromatic rings. The summed E-state index contributed by atoms with van der Waals surface area (Å²) in [6.07, 6.45) is 33.5. The number of rotatable bonds is 48. The molecule has 0 unspecified atom stereocenters. The van der Waals surface area contributed by atoms with Crippen LogP contribution in [0.3, 0.4) is 0 Å². The molecule has 3 aliphatic rings. The van der Waals surface area contributed by atoms with Crippen LogP contribution >= 0.6 is 0 Å². The summed E-state index contributed by atoms with van der Waals surface area (Å²) >= 11 is 0. The Morgan fingerprint density at radius 1 is 0.242 bits per heavy atom. The van der Waals surface area contributed by atoms with E-state index in [0.717, 1.165) is 187 Å². The molecular formula is C111H132O9. The molecule has 10 aromatic carbocycles. The highest BCUT2D eigenvalue weighted by Crippen LogP contribution is 2.72. The molecule has 0 bridgehead atoms. The van der Waals surface area contributed by atoms with E-state index in [0.29, 0.717) is 33.4 Å². The predicted molar refractivity (Wildman–Crippen MR) is 493 cm³/mol. The number of methoxy groups -OCH3 is 6. The van der Waals surface area contributed by atoms with Crippen LogP contribution in [0.1, 0.15) is 315 Å². The van der Waals surface area contributed by atoms with Gasteiger partial charge in [0.15, 0.2) is 0 Å². The molecule has 0 saturated carbocycles. The summed E-state index contributed by atoms with van der Waals surface area (Å²) in [7, 11) is 9.37. The first-order valence-corrected chi connectivity index (χ1v) is 45.8. The standard InChI is InChI=1S/C111H132O9/c1-13-19-25-40-70-106(71-41-26-20-14-2)94-76-85(79-52-61-88(62-53-79)109(115-7,116-8)103(112)82-46-34-31-35-47-82)58-67-91(94)97-100(106)98-92-68-59-86(80-54-63-89(64-55-80)110(117-9,118-10)104(113)83-48-36-32-37-49-83)77-95(92)107(72-42-27-21-15-3,73-43-28-22-16-4)102(98)99-93-69-60-87(78-96(93)108(101(97)99,74-44-29-23-17-5)75-45-30-24-18-6)81-56-65-90(66-57-81)111(119-11,120-12)105(114)84-50-38-33-39-51-84/h31-39,46-69,76-78H,13-30,40-45,70-75H2,1-12H3. The molecule has 0 aliphatic heterocycles. The van der Waals surface area contributed by atoms with E-state index in [-0.39, 0.29) is 17.3 Å². The summed E-state index contributed by atoms with van der Waals surface area (Å²) in [5.41, 5.74) is 26.7. The summed E-state index contributed by atoms with van der Waals surface area (Å²) in [4.78, 5) is 44.1. The lowest BCUT2D eigenvalue weighted by Gasteiger charge is -2.40. The second kappa shape index (κ2) is 40.3. The third-order valence-corrected chi connectivity index (χ3v) is 27.6. The average Bonchev–Trinajstić information content (AvgIpc) is 1.48. The number of Topliss-reactive ketones (excluding diaryl/α,β-unsaturated/α-hetero) is 3. The SMILES string of the molecule is CCCCCCC1(CCCCCC)c2cc(-c3ccc(C(OC)(OC)C(=O)c4ccccc4)cc3)ccc2-c2c1c1c(c3c2C(CCCCCC)(CCCCCC)c2cc(-c4ccc(C(OC)(OC)C(=O)c5ccccc5)cc4)ccc2-3)C(CCCCCC)(CCCCCC)c2cc(-c3ccc(C(OC)(OC)C(=O)c4ccccc4)cc3)ccc2-1. The van der Waals surface area contributed by atoms with Gasteiger partial charge in [0.25, 0.3) is 17.4 Å². The summed E-state index contributed by atoms with van der Waals surface area (Å²) in [5, 5.41) is 0. The lowest BCUT2D eigenvalue weighted by molar-refractivity contribution is -0.176. The van der Waals surface area contributed by atoms with Gasteiger partial charge in [0.2, 0.25) is 17.3 Å². The van der Waals surface area contributed by atoms with Crippen molar-refractivity contribution in [2.45, 2.75) is 268 Å². The fraction of sp³-hybridized carbons (Fsp3) is 0.432. The van der Waals surface area contributed by atoms with E-state index >= 15 is 0 Å². The Labute approximate surface area is 718 Å². The number of ketones is 3. The van der Waals surface area contributed by atoms with Gasteiger partial charge in [-0.3, -0.25) is 14.4 Å². The van der Waals surface area contributed by atoms with Gasteiger partial charge in [0.1, 0.15) is 0 Å². The second-order valence-electron chi connectivity index (χ2n) is 34.5. The van der Waals surface area contributed by atoms with Crippen molar-refractivity contribution in [1.82, 2.24) is 0 Å². The maximum Gasteiger partial charge on any atom is 0.260 e. The molecule has 0 atom stereocenters. The number of hydrogen-bond donors (Lipinski definition) is 0. The van der Waals surface area contributed by atoms with Crippen LogP contribution in [0.5, 0.6) is 0 Å². The normalized spacial score (nSPS) is 14.0. The van der Waals surface area contributed by atoms with Gasteiger partial charge in [0, 0.05) is 92.3 Å². The molecule has 13 rings (SSSR count). The Balaban J connectivity index is 1.14. The molecule has 630 valence electrons. The van der Waals surface area contributed by atoms with Crippen LogP contribution in [0.15, 0.2) is 218 Å². The maximum atomic E-state index is 14.7. The minimum absolute atomic E-state index is 0.256. The molecule has 0 saturated heterocycles. The van der Waals surface area contributed by atoms with Crippen molar-refractivity contribution in [3.63, 3.8) is 0 Å². The van der Waals surface area contributed by atoms with Crippen LogP contribution in [0.25, 0.3) is 66.8 Å². The van der Waals surface area contributed by atoms with E-state index < -0.39 is 33.6 Å². The molecule has 0 fully saturated rings. The first kappa shape index (κ1) is 88.7. The molecule has 0 amide bonds. The molecule has 0 N–H and O–H groups in total. The van der Waals surface area contributed by atoms with Gasteiger partial charge in [-0.05, 0) is 157 Å². The van der Waals surface area contributed by atoms with E-state index in [1.165, 1.54) is 88.6 Å². The Kier molecular flexibility index (Phi) is 29.8. The van der Waals surface area contributed by atoms with E-state index in [1.807, 2.05) is 127 Å². The minimum atomic E-state index is -1.66. The van der Waals surface area contributed by atoms with Crippen molar-refractivity contribution in [2.75, 3.05) is 42.7 Å². The van der Waals surface area contributed by atoms with Crippen molar-refractivity contribution in [1.29, 1.82) is 0 Å². The number of benzene rings is 10. The Bertz CT molecular complexity index is 4500. The minimum Gasteiger partial charge on any atom is -0.343 e. The number of ether oxygens (including phenoxy) is 6. The van der Waals surface area contributed by atoms with Crippen molar-refractivity contribution in [2.24, 2.45) is 0 Å². The number of hydrogen-bond acceptors (Lipinski definition) is 9. The van der Waals surface area contributed by atoms with Crippen LogP contribution in [0, 0.1) is 0 Å². The van der Waals surface area contributed by atoms with Crippen LogP contribution in [-0.2, 0) is 62.0 Å². The van der Waals surface area contributed by atoms with Gasteiger partial charge in [-0.25, -0.2) is 0 Å². The zero-order valence-corrected chi connectivity index (χ0v) is 74.2. The number of carbonyl (C=O) groups excluding carboxylic acids is 3. The van der Waals surface area contributed by atoms with Crippen LogP contribution in [0.2, 0.25) is 0 Å². The van der Waals surface area contributed by atoms with Crippen LogP contribution < -0.4 is 0 Å². The lowest BCUT2D eigenvalue weighted by atomic mass is 9.63. The monoisotopic (exact) mass is 1610 g/mol. The molecule has 0 radical (unpaired) electrons. The third-order valence-electron chi connectivity index (χ3n) is 27.6. The Morgan fingerprint density at radius 3 is 0.633 bits per heavy atom. The number of unbranched alkanes of at least 4 members (excludes halogenated alkanes) is 18. The van der Waals surface area contributed by atoms with Crippen molar-refractivity contribution in [3.05, 3.63) is 285 Å². The van der Waals surface area contributed by atoms with Crippen LogP contribution in [0.4, 0.5) is 0 Å². The van der Waals surface area contributed by atoms with E-state index in [1.54, 1.807) is 59.3 Å². The maximum absolute atomic E-state index is 14.7. The summed E-state index contributed by atoms with van der Waals surface area (Å²) in [6.45, 7) is 14.1. The van der Waals surface area contributed by atoms with Gasteiger partial charge in [0.05, 0.1) is 0 Å². The lowest BCUT2D eigenvalue weighted by Crippen LogP contribution is -2.40. The molecule has 0 aromatic heterocycles. The fourth-order valence-corrected chi connectivity index (χ4v) is 21.4. The van der Waals surface area contributed by atoms with Crippen LogP contribution in [-0.4, -0.2) is 60.0 Å². The quantitative estimate of drug-likeness (QED) is 0.0209. The van der Waals surface area contributed by atoms with Crippen molar-refractivity contribution >= 4 is 17.3 Å². The molecular weight excluding hydrogens is 1480 g/mol. The zero-order chi connectivity index (χ0) is 84.5. The molecule has 120 heavy (non-hydrogen) atoms. The van der Waals surface area contributed by atoms with Gasteiger partial charge in [-0.1, -0.05) is 396 Å². The number of fused-ring (bicyclic) bond motifs is 12. The highest BCUT2D eigenvalue weighted by Gasteiger charge is 2.58. The summed E-state index contributed by atoms with van der Waals surface area (Å²) < 4.78 is 37.2. The summed E-state index contributed by atoms with van der Waals surface area (Å²) in [6, 6.07) is 76.3. The molecule has 3 aliphatic carbocycles. The molecule has 9 nitrogen and oxygen atoms in total. The second-order valence-corrected chi connectivity index (χ2v) is 34.5. The van der Waals surface area contributed by atoms with E-state index in [2.05, 4.69) is 133 Å². The first-order chi connectivity index (χ1) is 58.7. The average molecular weight is 1610 g/mol. The fourth-order valence-electron chi connectivity index (χ4n) is 21.4. The highest BCUT2D eigenvalue weighted by atomic mass is 16.7. The van der Waals surface area contributed by atoms with Gasteiger partial charge < -0.3 is 28.4 Å². The molecule has 9 heteroatoms. The zero-order valence-electron chi connectivity index (χ0n) is 74.2. The third kappa shape index (κ3) is 16.7. The first-order valence-electron chi connectivity index (χ1n) is 45.8. The highest BCUT2D eigenvalue weighted by molar-refractivity contribution is 6.07. The topological polar surface area (TPSA) is 107 Å². The van der Waals surface area contributed by atoms with E-state index in [9.17, 15) is 14.4 Å². The summed E-state index contributed by atoms with van der Waals surface area (Å²) in [5.74, 6) is -5.74. The Hall–Kier alpha value is -9.03. The smallest absolute Gasteiger partial charge is 0.260 e. The van der Waals surface area contributed by atoms with Gasteiger partial charge in [-0.15, -0.1) is 0 Å². The predicted octanol–water partition coefficient (Wildman–Crippen LogP) is 29.3. The molecule has 0 heterocycles. The Morgan fingerprint density at radius 2 is 0.442 bits per heavy atom. The van der Waals surface area contributed by atoms with Gasteiger partial charge >= 0.3 is 0 Å². The van der Waals surface area contributed by atoms with E-state index in [4.69, 9.17) is 28.4 Å². The van der Waals surface area contributed by atoms with Gasteiger partial charge in [-0.2, -0.15) is 0 Å². The van der Waals surface area contributed by atoms with Crippen molar-refractivity contribution < 1.29 is 42.8 Å². The molecule has 0 spiro atoms.